The average molecular weight is 389 g/mol. The average Bonchev–Trinajstić information content (AvgIpc) is 3.56. The molecule has 3 fully saturated rings. The van der Waals surface area contributed by atoms with Crippen LogP contribution in [0.1, 0.15) is 43.7 Å². The highest BCUT2D eigenvalue weighted by Gasteiger charge is 2.43. The summed E-state index contributed by atoms with van der Waals surface area (Å²) in [6.45, 7) is 0.795. The minimum atomic E-state index is -3.19. The van der Waals surface area contributed by atoms with E-state index < -0.39 is 9.84 Å². The largest absolute Gasteiger partial charge is 0.331 e. The number of nitrogens with one attached hydrogen (secondary N) is 1. The molecule has 1 aromatic rings. The molecule has 0 radical (unpaired) electrons. The zero-order valence-corrected chi connectivity index (χ0v) is 16.6. The lowest BCUT2D eigenvalue weighted by Gasteiger charge is -2.27. The second-order valence-electron chi connectivity index (χ2n) is 8.38. The fraction of sp³-hybridized carbons (Fsp3) is 0.571. The molecule has 2 saturated carbocycles. The van der Waals surface area contributed by atoms with E-state index in [9.17, 15) is 13.2 Å². The molecule has 1 saturated heterocycles. The van der Waals surface area contributed by atoms with Gasteiger partial charge in [-0.2, -0.15) is 0 Å². The molecule has 1 aliphatic heterocycles. The standard InChI is InChI=1S/C21H28N2O3S/c1-27(25,26)12-11-19(16-9-10-16)22-21(24)23-14-18(15-7-8-15)13-20(23)17-5-3-2-4-6-17/h2-6,11-12,15-16,18-20H,7-10,13-14H2,1H3,(H,22,24)/b12-11+/t18-,19+,20+/m0/s1. The van der Waals surface area contributed by atoms with Crippen molar-refractivity contribution in [3.05, 3.63) is 47.4 Å². The van der Waals surface area contributed by atoms with E-state index in [4.69, 9.17) is 0 Å². The molecule has 0 aromatic heterocycles. The summed E-state index contributed by atoms with van der Waals surface area (Å²) in [5.74, 6) is 1.69. The third kappa shape index (κ3) is 4.72. The first-order valence-electron chi connectivity index (χ1n) is 9.91. The molecule has 5 nitrogen and oxygen atoms in total. The van der Waals surface area contributed by atoms with Gasteiger partial charge in [0.15, 0.2) is 9.84 Å². The molecule has 2 aliphatic carbocycles. The van der Waals surface area contributed by atoms with Gasteiger partial charge in [0.1, 0.15) is 0 Å². The summed E-state index contributed by atoms with van der Waals surface area (Å²) in [5, 5.41) is 4.33. The first-order valence-corrected chi connectivity index (χ1v) is 11.9. The van der Waals surface area contributed by atoms with Crippen LogP contribution in [-0.4, -0.2) is 38.2 Å². The Hall–Kier alpha value is -1.82. The Morgan fingerprint density at radius 2 is 1.85 bits per heavy atom. The third-order valence-electron chi connectivity index (χ3n) is 6.02. The molecule has 2 amide bonds. The van der Waals surface area contributed by atoms with Gasteiger partial charge in [-0.25, -0.2) is 13.2 Å². The summed E-state index contributed by atoms with van der Waals surface area (Å²) in [7, 11) is -3.19. The molecule has 0 unspecified atom stereocenters. The number of rotatable bonds is 6. The van der Waals surface area contributed by atoms with Crippen molar-refractivity contribution in [2.75, 3.05) is 12.8 Å². The van der Waals surface area contributed by atoms with Gasteiger partial charge in [0.2, 0.25) is 0 Å². The quantitative estimate of drug-likeness (QED) is 0.811. The van der Waals surface area contributed by atoms with Gasteiger partial charge in [-0.15, -0.1) is 0 Å². The van der Waals surface area contributed by atoms with Crippen molar-refractivity contribution in [3.63, 3.8) is 0 Å². The van der Waals surface area contributed by atoms with Crippen molar-refractivity contribution in [1.82, 2.24) is 10.2 Å². The van der Waals surface area contributed by atoms with Gasteiger partial charge in [0.25, 0.3) is 0 Å². The summed E-state index contributed by atoms with van der Waals surface area (Å²) in [6.07, 6.45) is 8.48. The highest BCUT2D eigenvalue weighted by atomic mass is 32.2. The number of carbonyl (C=O) groups excluding carboxylic acids is 1. The maximum absolute atomic E-state index is 13.1. The molecule has 27 heavy (non-hydrogen) atoms. The van der Waals surface area contributed by atoms with E-state index in [2.05, 4.69) is 17.4 Å². The number of hydrogen-bond acceptors (Lipinski definition) is 3. The molecule has 0 spiro atoms. The van der Waals surface area contributed by atoms with Crippen LogP contribution in [-0.2, 0) is 9.84 Å². The fourth-order valence-electron chi connectivity index (χ4n) is 4.22. The van der Waals surface area contributed by atoms with Crippen LogP contribution in [0.3, 0.4) is 0 Å². The van der Waals surface area contributed by atoms with E-state index in [0.29, 0.717) is 11.8 Å². The van der Waals surface area contributed by atoms with Crippen LogP contribution >= 0.6 is 0 Å². The molecular formula is C21H28N2O3S. The SMILES string of the molecule is CS(=O)(=O)/C=C/[C@@H](NC(=O)N1C[C@@H](C2CC2)C[C@@H]1c1ccccc1)C1CC1. The summed E-state index contributed by atoms with van der Waals surface area (Å²) in [4.78, 5) is 15.1. The minimum absolute atomic E-state index is 0.0675. The second-order valence-corrected chi connectivity index (χ2v) is 10.3. The molecule has 3 atom stereocenters. The predicted octanol–water partition coefficient (Wildman–Crippen LogP) is 3.51. The first-order chi connectivity index (χ1) is 12.9. The van der Waals surface area contributed by atoms with Crippen LogP contribution in [0.4, 0.5) is 4.79 Å². The number of sulfone groups is 1. The Labute approximate surface area is 161 Å². The first kappa shape index (κ1) is 18.5. The Kier molecular flexibility index (Phi) is 5.01. The highest BCUT2D eigenvalue weighted by molar-refractivity contribution is 7.93. The predicted molar refractivity (Wildman–Crippen MR) is 106 cm³/mol. The molecular weight excluding hydrogens is 360 g/mol. The van der Waals surface area contributed by atoms with E-state index in [1.165, 1.54) is 30.1 Å². The second kappa shape index (κ2) is 7.30. The van der Waals surface area contributed by atoms with Gasteiger partial charge in [-0.3, -0.25) is 0 Å². The third-order valence-corrected chi connectivity index (χ3v) is 6.67. The van der Waals surface area contributed by atoms with Crippen molar-refractivity contribution >= 4 is 15.9 Å². The summed E-state index contributed by atoms with van der Waals surface area (Å²) >= 11 is 0. The molecule has 1 heterocycles. The molecule has 4 rings (SSSR count). The van der Waals surface area contributed by atoms with Crippen LogP contribution < -0.4 is 5.32 Å². The zero-order chi connectivity index (χ0) is 19.0. The number of likely N-dealkylation sites (tertiary alicyclic amines) is 1. The molecule has 0 bridgehead atoms. The van der Waals surface area contributed by atoms with E-state index >= 15 is 0 Å². The van der Waals surface area contributed by atoms with Crippen LogP contribution in [0, 0.1) is 17.8 Å². The van der Waals surface area contributed by atoms with Crippen molar-refractivity contribution in [2.45, 2.75) is 44.2 Å². The number of benzene rings is 1. The van der Waals surface area contributed by atoms with Crippen LogP contribution in [0.15, 0.2) is 41.8 Å². The maximum Gasteiger partial charge on any atom is 0.318 e. The Bertz CT molecular complexity index is 813. The minimum Gasteiger partial charge on any atom is -0.331 e. The zero-order valence-electron chi connectivity index (χ0n) is 15.8. The van der Waals surface area contributed by atoms with Crippen molar-refractivity contribution in [2.24, 2.45) is 17.8 Å². The van der Waals surface area contributed by atoms with Crippen molar-refractivity contribution < 1.29 is 13.2 Å². The molecule has 1 aromatic carbocycles. The van der Waals surface area contributed by atoms with Crippen molar-refractivity contribution in [1.29, 1.82) is 0 Å². The van der Waals surface area contributed by atoms with Gasteiger partial charge in [0.05, 0.1) is 12.1 Å². The van der Waals surface area contributed by atoms with Gasteiger partial charge in [-0.1, -0.05) is 36.4 Å². The number of carbonyl (C=O) groups is 1. The highest BCUT2D eigenvalue weighted by Crippen LogP contribution is 2.47. The molecule has 3 aliphatic rings. The van der Waals surface area contributed by atoms with Gasteiger partial charge < -0.3 is 10.2 Å². The normalized spacial score (nSPS) is 27.1. The summed E-state index contributed by atoms with van der Waals surface area (Å²) in [6, 6.07) is 10.1. The number of amides is 2. The van der Waals surface area contributed by atoms with E-state index in [-0.39, 0.29) is 18.1 Å². The van der Waals surface area contributed by atoms with E-state index in [1.54, 1.807) is 6.08 Å². The lowest BCUT2D eigenvalue weighted by molar-refractivity contribution is 0.188. The number of hydrogen-bond donors (Lipinski definition) is 1. The topological polar surface area (TPSA) is 66.5 Å². The lowest BCUT2D eigenvalue weighted by atomic mass is 9.96. The molecule has 1 N–H and O–H groups in total. The van der Waals surface area contributed by atoms with Crippen molar-refractivity contribution in [3.8, 4) is 0 Å². The summed E-state index contributed by atoms with van der Waals surface area (Å²) in [5.41, 5.74) is 1.19. The van der Waals surface area contributed by atoms with E-state index in [1.807, 2.05) is 23.1 Å². The smallest absolute Gasteiger partial charge is 0.318 e. The number of urea groups is 1. The van der Waals surface area contributed by atoms with Crippen LogP contribution in [0.5, 0.6) is 0 Å². The van der Waals surface area contributed by atoms with Gasteiger partial charge in [-0.05, 0) is 55.4 Å². The lowest BCUT2D eigenvalue weighted by Crippen LogP contribution is -2.45. The molecule has 6 heteroatoms. The van der Waals surface area contributed by atoms with E-state index in [0.717, 1.165) is 31.7 Å². The Morgan fingerprint density at radius 3 is 2.44 bits per heavy atom. The van der Waals surface area contributed by atoms with Gasteiger partial charge >= 0.3 is 6.03 Å². The Morgan fingerprint density at radius 1 is 1.15 bits per heavy atom. The van der Waals surface area contributed by atoms with Crippen LogP contribution in [0.25, 0.3) is 0 Å². The maximum atomic E-state index is 13.1. The van der Waals surface area contributed by atoms with Gasteiger partial charge in [0, 0.05) is 18.2 Å². The van der Waals surface area contributed by atoms with Crippen LogP contribution in [0.2, 0.25) is 0 Å². The summed E-state index contributed by atoms with van der Waals surface area (Å²) < 4.78 is 22.9. The molecule has 146 valence electrons. The fourth-order valence-corrected chi connectivity index (χ4v) is 4.68. The Balaban J connectivity index is 1.50. The number of nitrogens with zero attached hydrogens (tertiary/aromatic N) is 1. The monoisotopic (exact) mass is 388 g/mol.